The molecule has 0 bridgehead atoms. The number of benzene rings is 1. The lowest BCUT2D eigenvalue weighted by molar-refractivity contribution is -0.141. The van der Waals surface area contributed by atoms with Crippen LogP contribution >= 0.6 is 0 Å². The lowest BCUT2D eigenvalue weighted by Crippen LogP contribution is -2.14. The van der Waals surface area contributed by atoms with Crippen LogP contribution in [0.2, 0.25) is 0 Å². The molecule has 2 aromatic heterocycles. The van der Waals surface area contributed by atoms with Gasteiger partial charge in [0, 0.05) is 6.54 Å². The standard InChI is InChI=1S/C17H19N5O3/c1-11-4-3-5-12(6-11)14(23)8-18-16-13-7-21-22(9-15(24)25-2)17(13)20-10-19-16/h3-7,10,14,23H,8-9H2,1-2H3,(H,18,19,20). The van der Waals surface area contributed by atoms with E-state index in [1.807, 2.05) is 31.2 Å². The topological polar surface area (TPSA) is 102 Å². The van der Waals surface area contributed by atoms with Crippen LogP contribution in [-0.2, 0) is 16.1 Å². The molecule has 0 saturated carbocycles. The van der Waals surface area contributed by atoms with Gasteiger partial charge in [0.25, 0.3) is 0 Å². The fourth-order valence-electron chi connectivity index (χ4n) is 2.52. The molecule has 0 aliphatic carbocycles. The predicted octanol–water partition coefficient (Wildman–Crippen LogP) is 1.45. The van der Waals surface area contributed by atoms with E-state index in [0.717, 1.165) is 11.1 Å². The molecule has 3 aromatic rings. The smallest absolute Gasteiger partial charge is 0.327 e. The summed E-state index contributed by atoms with van der Waals surface area (Å²) in [6, 6.07) is 7.71. The third kappa shape index (κ3) is 3.74. The molecule has 2 heterocycles. The van der Waals surface area contributed by atoms with Crippen molar-refractivity contribution in [1.82, 2.24) is 19.7 Å². The van der Waals surface area contributed by atoms with E-state index in [4.69, 9.17) is 0 Å². The summed E-state index contributed by atoms with van der Waals surface area (Å²) in [6.07, 6.45) is 2.30. The van der Waals surface area contributed by atoms with E-state index in [2.05, 4.69) is 25.1 Å². The molecule has 0 saturated heterocycles. The minimum Gasteiger partial charge on any atom is -0.468 e. The molecule has 8 nitrogen and oxygen atoms in total. The van der Waals surface area contributed by atoms with Gasteiger partial charge in [0.05, 0.1) is 24.8 Å². The van der Waals surface area contributed by atoms with Crippen LogP contribution in [0.1, 0.15) is 17.2 Å². The zero-order valence-electron chi connectivity index (χ0n) is 14.0. The zero-order valence-corrected chi connectivity index (χ0v) is 14.0. The number of nitrogens with zero attached hydrogens (tertiary/aromatic N) is 4. The third-order valence-electron chi connectivity index (χ3n) is 3.83. The van der Waals surface area contributed by atoms with Crippen LogP contribution in [-0.4, -0.2) is 44.5 Å². The second kappa shape index (κ2) is 7.27. The first-order valence-electron chi connectivity index (χ1n) is 7.80. The maximum atomic E-state index is 11.4. The monoisotopic (exact) mass is 341 g/mol. The summed E-state index contributed by atoms with van der Waals surface area (Å²) in [5.41, 5.74) is 2.44. The van der Waals surface area contributed by atoms with E-state index in [-0.39, 0.29) is 13.1 Å². The maximum Gasteiger partial charge on any atom is 0.327 e. The van der Waals surface area contributed by atoms with Gasteiger partial charge in [0.15, 0.2) is 5.65 Å². The summed E-state index contributed by atoms with van der Waals surface area (Å²) < 4.78 is 6.10. The van der Waals surface area contributed by atoms with Crippen molar-refractivity contribution in [2.45, 2.75) is 19.6 Å². The second-order valence-corrected chi connectivity index (χ2v) is 5.65. The van der Waals surface area contributed by atoms with Crippen molar-refractivity contribution < 1.29 is 14.6 Å². The Kier molecular flexibility index (Phi) is 4.90. The van der Waals surface area contributed by atoms with Crippen molar-refractivity contribution in [3.63, 3.8) is 0 Å². The number of aliphatic hydroxyl groups excluding tert-OH is 1. The molecular weight excluding hydrogens is 322 g/mol. The van der Waals surface area contributed by atoms with Crippen LogP contribution in [0.3, 0.4) is 0 Å². The third-order valence-corrected chi connectivity index (χ3v) is 3.83. The van der Waals surface area contributed by atoms with Gasteiger partial charge in [-0.05, 0) is 12.5 Å². The first kappa shape index (κ1) is 16.8. The Morgan fingerprint density at radius 3 is 3.00 bits per heavy atom. The number of anilines is 1. The van der Waals surface area contributed by atoms with Gasteiger partial charge in [-0.2, -0.15) is 5.10 Å². The van der Waals surface area contributed by atoms with Crippen molar-refractivity contribution in [3.05, 3.63) is 47.9 Å². The number of nitrogens with one attached hydrogen (secondary N) is 1. The number of fused-ring (bicyclic) bond motifs is 1. The average molecular weight is 341 g/mol. The molecule has 0 aliphatic rings. The Labute approximate surface area is 144 Å². The van der Waals surface area contributed by atoms with Gasteiger partial charge < -0.3 is 15.2 Å². The van der Waals surface area contributed by atoms with Crippen LogP contribution in [0.4, 0.5) is 5.82 Å². The van der Waals surface area contributed by atoms with Crippen molar-refractivity contribution in [3.8, 4) is 0 Å². The number of carbonyl (C=O) groups is 1. The number of ether oxygens (including phenoxy) is 1. The van der Waals surface area contributed by atoms with E-state index in [0.29, 0.717) is 16.9 Å². The van der Waals surface area contributed by atoms with Gasteiger partial charge in [0.2, 0.25) is 0 Å². The molecule has 0 amide bonds. The number of aryl methyl sites for hydroxylation is 1. The molecule has 8 heteroatoms. The van der Waals surface area contributed by atoms with E-state index in [1.165, 1.54) is 18.1 Å². The highest BCUT2D eigenvalue weighted by Gasteiger charge is 2.14. The molecule has 1 atom stereocenters. The molecule has 1 aromatic carbocycles. The van der Waals surface area contributed by atoms with Gasteiger partial charge in [-0.15, -0.1) is 0 Å². The Morgan fingerprint density at radius 1 is 1.40 bits per heavy atom. The second-order valence-electron chi connectivity index (χ2n) is 5.65. The van der Waals surface area contributed by atoms with Gasteiger partial charge >= 0.3 is 5.97 Å². The van der Waals surface area contributed by atoms with Crippen LogP contribution in [0, 0.1) is 6.92 Å². The van der Waals surface area contributed by atoms with Gasteiger partial charge in [-0.3, -0.25) is 4.79 Å². The fourth-order valence-corrected chi connectivity index (χ4v) is 2.52. The highest BCUT2D eigenvalue weighted by atomic mass is 16.5. The Balaban J connectivity index is 1.76. The van der Waals surface area contributed by atoms with Crippen LogP contribution in [0.5, 0.6) is 0 Å². The summed E-state index contributed by atoms with van der Waals surface area (Å²) in [7, 11) is 1.32. The highest BCUT2D eigenvalue weighted by molar-refractivity contribution is 5.86. The predicted molar refractivity (Wildman–Crippen MR) is 92.0 cm³/mol. The maximum absolute atomic E-state index is 11.4. The van der Waals surface area contributed by atoms with Crippen molar-refractivity contribution in [2.24, 2.45) is 0 Å². The number of rotatable bonds is 6. The van der Waals surface area contributed by atoms with Crippen LogP contribution in [0.15, 0.2) is 36.8 Å². The number of methoxy groups -OCH3 is 1. The van der Waals surface area contributed by atoms with Crippen molar-refractivity contribution >= 4 is 22.8 Å². The Morgan fingerprint density at radius 2 is 2.24 bits per heavy atom. The number of aromatic nitrogens is 4. The Bertz CT molecular complexity index is 893. The molecule has 25 heavy (non-hydrogen) atoms. The number of aliphatic hydroxyl groups is 1. The van der Waals surface area contributed by atoms with Gasteiger partial charge in [-0.1, -0.05) is 29.8 Å². The lowest BCUT2D eigenvalue weighted by atomic mass is 10.1. The molecule has 130 valence electrons. The van der Waals surface area contributed by atoms with Crippen LogP contribution in [0.25, 0.3) is 11.0 Å². The Hall–Kier alpha value is -3.00. The molecule has 0 radical (unpaired) electrons. The largest absolute Gasteiger partial charge is 0.468 e. The average Bonchev–Trinajstić information content (AvgIpc) is 3.03. The first-order valence-corrected chi connectivity index (χ1v) is 7.80. The quantitative estimate of drug-likeness (QED) is 0.654. The van der Waals surface area contributed by atoms with Gasteiger partial charge in [0.1, 0.15) is 18.7 Å². The number of esters is 1. The van der Waals surface area contributed by atoms with Crippen molar-refractivity contribution in [1.29, 1.82) is 0 Å². The lowest BCUT2D eigenvalue weighted by Gasteiger charge is -2.13. The summed E-state index contributed by atoms with van der Waals surface area (Å²) in [4.78, 5) is 19.8. The molecule has 2 N–H and O–H groups in total. The molecule has 0 fully saturated rings. The molecule has 3 rings (SSSR count). The molecular formula is C17H19N5O3. The molecule has 0 aliphatic heterocycles. The van der Waals surface area contributed by atoms with E-state index in [9.17, 15) is 9.90 Å². The van der Waals surface area contributed by atoms with E-state index >= 15 is 0 Å². The zero-order chi connectivity index (χ0) is 17.8. The summed E-state index contributed by atoms with van der Waals surface area (Å²) in [5, 5.41) is 18.3. The van der Waals surface area contributed by atoms with Gasteiger partial charge in [-0.25, -0.2) is 14.6 Å². The minimum absolute atomic E-state index is 0.0254. The SMILES string of the molecule is COC(=O)Cn1ncc2c(NCC(O)c3cccc(C)c3)ncnc21. The van der Waals surface area contributed by atoms with E-state index < -0.39 is 12.1 Å². The van der Waals surface area contributed by atoms with Crippen LogP contribution < -0.4 is 5.32 Å². The summed E-state index contributed by atoms with van der Waals surface area (Å²) >= 11 is 0. The number of hydrogen-bond acceptors (Lipinski definition) is 7. The highest BCUT2D eigenvalue weighted by Crippen LogP contribution is 2.20. The minimum atomic E-state index is -0.671. The van der Waals surface area contributed by atoms with E-state index in [1.54, 1.807) is 6.20 Å². The summed E-state index contributed by atoms with van der Waals surface area (Å²) in [6.45, 7) is 2.24. The number of hydrogen-bond donors (Lipinski definition) is 2. The summed E-state index contributed by atoms with van der Waals surface area (Å²) in [5.74, 6) is 0.140. The van der Waals surface area contributed by atoms with Crippen molar-refractivity contribution in [2.75, 3.05) is 19.0 Å². The normalized spacial score (nSPS) is 12.1. The number of carbonyl (C=O) groups excluding carboxylic acids is 1. The fraction of sp³-hybridized carbons (Fsp3) is 0.294. The molecule has 1 unspecified atom stereocenters. The molecule has 0 spiro atoms. The first-order chi connectivity index (χ1) is 12.1.